The van der Waals surface area contributed by atoms with Crippen molar-refractivity contribution in [1.29, 1.82) is 0 Å². The van der Waals surface area contributed by atoms with E-state index in [4.69, 9.17) is 11.6 Å². The molecule has 0 spiro atoms. The van der Waals surface area contributed by atoms with E-state index < -0.39 is 5.79 Å². The molecule has 0 aliphatic rings. The number of aromatic nitrogens is 1. The summed E-state index contributed by atoms with van der Waals surface area (Å²) in [4.78, 5) is 30.3. The standard InChI is InChI=1S/C23H25ClN6O2/c1-25-23(26-2,27-3)17-10-8-16(9-11-17)22(32)29-19-6-4-5-7-20(19)30(15-31)21-13-12-18(24)14-28-21/h4-15,25-27H,1-3H3,(H,29,32). The third-order valence-electron chi connectivity index (χ3n) is 5.18. The predicted octanol–water partition coefficient (Wildman–Crippen LogP) is 3.05. The van der Waals surface area contributed by atoms with Gasteiger partial charge < -0.3 is 5.32 Å². The van der Waals surface area contributed by atoms with Crippen molar-refractivity contribution >= 4 is 41.1 Å². The first-order valence-corrected chi connectivity index (χ1v) is 10.3. The average Bonchev–Trinajstić information content (AvgIpc) is 2.83. The van der Waals surface area contributed by atoms with Crippen molar-refractivity contribution in [2.45, 2.75) is 5.79 Å². The fourth-order valence-electron chi connectivity index (χ4n) is 3.41. The van der Waals surface area contributed by atoms with Crippen molar-refractivity contribution in [1.82, 2.24) is 20.9 Å². The molecule has 0 fully saturated rings. The molecule has 0 unspecified atom stereocenters. The van der Waals surface area contributed by atoms with Gasteiger partial charge in [0, 0.05) is 17.3 Å². The van der Waals surface area contributed by atoms with Gasteiger partial charge in [0.15, 0.2) is 0 Å². The Morgan fingerprint density at radius 2 is 1.62 bits per heavy atom. The predicted molar refractivity (Wildman–Crippen MR) is 127 cm³/mol. The lowest BCUT2D eigenvalue weighted by Gasteiger charge is -2.33. The lowest BCUT2D eigenvalue weighted by atomic mass is 10.0. The van der Waals surface area contributed by atoms with Gasteiger partial charge in [-0.2, -0.15) is 0 Å². The van der Waals surface area contributed by atoms with Crippen LogP contribution >= 0.6 is 11.6 Å². The van der Waals surface area contributed by atoms with Gasteiger partial charge in [0.2, 0.25) is 6.41 Å². The van der Waals surface area contributed by atoms with Crippen LogP contribution in [0.5, 0.6) is 0 Å². The third kappa shape index (κ3) is 4.79. The van der Waals surface area contributed by atoms with E-state index in [-0.39, 0.29) is 5.91 Å². The lowest BCUT2D eigenvalue weighted by Crippen LogP contribution is -2.60. The number of pyridine rings is 1. The molecule has 2 aromatic carbocycles. The van der Waals surface area contributed by atoms with Crippen molar-refractivity contribution in [3.63, 3.8) is 0 Å². The first-order valence-electron chi connectivity index (χ1n) is 9.91. The van der Waals surface area contributed by atoms with Crippen LogP contribution in [-0.2, 0) is 10.6 Å². The Kier molecular flexibility index (Phi) is 7.55. The van der Waals surface area contributed by atoms with Gasteiger partial charge in [0.1, 0.15) is 11.6 Å². The van der Waals surface area contributed by atoms with Crippen LogP contribution in [0.3, 0.4) is 0 Å². The Bertz CT molecular complexity index is 1060. The highest BCUT2D eigenvalue weighted by Gasteiger charge is 2.26. The maximum atomic E-state index is 12.9. The SMILES string of the molecule is CNC(NC)(NC)c1ccc(C(=O)Nc2ccccc2N(C=O)c2ccc(Cl)cn2)cc1. The Morgan fingerprint density at radius 1 is 0.969 bits per heavy atom. The second-order valence-electron chi connectivity index (χ2n) is 6.86. The zero-order valence-electron chi connectivity index (χ0n) is 18.0. The van der Waals surface area contributed by atoms with Gasteiger partial charge in [0.25, 0.3) is 5.91 Å². The number of carbonyl (C=O) groups excluding carboxylic acids is 2. The van der Waals surface area contributed by atoms with Crippen LogP contribution in [0.2, 0.25) is 5.02 Å². The van der Waals surface area contributed by atoms with Crippen molar-refractivity contribution in [2.75, 3.05) is 31.4 Å². The molecular formula is C23H25ClN6O2. The van der Waals surface area contributed by atoms with Crippen LogP contribution in [0, 0.1) is 0 Å². The summed E-state index contributed by atoms with van der Waals surface area (Å²) < 4.78 is 0. The number of rotatable bonds is 9. The number of nitrogens with zero attached hydrogens (tertiary/aromatic N) is 2. The lowest BCUT2D eigenvalue weighted by molar-refractivity contribution is -0.106. The normalized spacial score (nSPS) is 11.1. The Labute approximate surface area is 192 Å². The van der Waals surface area contributed by atoms with Gasteiger partial charge in [-0.25, -0.2) is 4.98 Å². The zero-order valence-corrected chi connectivity index (χ0v) is 18.8. The molecule has 3 aromatic rings. The topological polar surface area (TPSA) is 98.4 Å². The first kappa shape index (κ1) is 23.4. The van der Waals surface area contributed by atoms with Crippen LogP contribution in [0.25, 0.3) is 0 Å². The molecule has 0 atom stereocenters. The third-order valence-corrected chi connectivity index (χ3v) is 5.40. The van der Waals surface area contributed by atoms with Crippen molar-refractivity contribution in [3.8, 4) is 0 Å². The smallest absolute Gasteiger partial charge is 0.255 e. The molecule has 0 bridgehead atoms. The van der Waals surface area contributed by atoms with Crippen molar-refractivity contribution < 1.29 is 9.59 Å². The largest absolute Gasteiger partial charge is 0.320 e. The number of hydrogen-bond donors (Lipinski definition) is 4. The molecule has 0 aliphatic carbocycles. The number of hydrogen-bond acceptors (Lipinski definition) is 6. The number of carbonyl (C=O) groups is 2. The maximum absolute atomic E-state index is 12.9. The summed E-state index contributed by atoms with van der Waals surface area (Å²) in [6.45, 7) is 0. The van der Waals surface area contributed by atoms with E-state index in [1.165, 1.54) is 11.1 Å². The molecule has 166 valence electrons. The minimum absolute atomic E-state index is 0.303. The molecule has 8 nitrogen and oxygen atoms in total. The van der Waals surface area contributed by atoms with E-state index >= 15 is 0 Å². The highest BCUT2D eigenvalue weighted by Crippen LogP contribution is 2.30. The molecule has 0 aliphatic heterocycles. The number of nitrogens with one attached hydrogen (secondary N) is 4. The summed E-state index contributed by atoms with van der Waals surface area (Å²) >= 11 is 5.90. The molecule has 32 heavy (non-hydrogen) atoms. The Morgan fingerprint density at radius 3 is 2.19 bits per heavy atom. The van der Waals surface area contributed by atoms with Gasteiger partial charge in [-0.05, 0) is 57.5 Å². The Balaban J connectivity index is 1.86. The molecule has 1 heterocycles. The fraction of sp³-hybridized carbons (Fsp3) is 0.174. The second-order valence-corrected chi connectivity index (χ2v) is 7.30. The second kappa shape index (κ2) is 10.3. The van der Waals surface area contributed by atoms with Crippen LogP contribution in [0.15, 0.2) is 66.9 Å². The minimum atomic E-state index is -0.613. The van der Waals surface area contributed by atoms with Crippen LogP contribution < -0.4 is 26.2 Å². The number of halogens is 1. The summed E-state index contributed by atoms with van der Waals surface area (Å²) in [5, 5.41) is 12.9. The molecule has 3 rings (SSSR count). The zero-order chi connectivity index (χ0) is 23.1. The number of anilines is 3. The molecule has 1 aromatic heterocycles. The quantitative estimate of drug-likeness (QED) is 0.294. The highest BCUT2D eigenvalue weighted by molar-refractivity contribution is 6.30. The number of benzene rings is 2. The van der Waals surface area contributed by atoms with Gasteiger partial charge in [-0.1, -0.05) is 35.9 Å². The van der Waals surface area contributed by atoms with Gasteiger partial charge in [-0.15, -0.1) is 0 Å². The number of para-hydroxylation sites is 2. The molecular weight excluding hydrogens is 428 g/mol. The van der Waals surface area contributed by atoms with Gasteiger partial charge >= 0.3 is 0 Å². The summed E-state index contributed by atoms with van der Waals surface area (Å²) in [5.74, 6) is -0.529. The van der Waals surface area contributed by atoms with Crippen molar-refractivity contribution in [3.05, 3.63) is 83.0 Å². The highest BCUT2D eigenvalue weighted by atomic mass is 35.5. The minimum Gasteiger partial charge on any atom is -0.320 e. The molecule has 0 saturated carbocycles. The van der Waals surface area contributed by atoms with E-state index in [0.717, 1.165) is 5.56 Å². The van der Waals surface area contributed by atoms with Crippen LogP contribution in [-0.4, -0.2) is 38.4 Å². The van der Waals surface area contributed by atoms with E-state index in [0.29, 0.717) is 34.2 Å². The van der Waals surface area contributed by atoms with Crippen LogP contribution in [0.4, 0.5) is 17.2 Å². The maximum Gasteiger partial charge on any atom is 0.255 e. The molecule has 4 N–H and O–H groups in total. The molecule has 9 heteroatoms. The summed E-state index contributed by atoms with van der Waals surface area (Å²) in [5.41, 5.74) is 2.35. The first-order chi connectivity index (χ1) is 15.5. The summed E-state index contributed by atoms with van der Waals surface area (Å²) in [6, 6.07) is 17.5. The van der Waals surface area contributed by atoms with E-state index in [1.807, 2.05) is 33.3 Å². The van der Waals surface area contributed by atoms with Gasteiger partial charge in [-0.3, -0.25) is 30.4 Å². The molecule has 0 saturated heterocycles. The monoisotopic (exact) mass is 452 g/mol. The van der Waals surface area contributed by atoms with E-state index in [1.54, 1.807) is 48.5 Å². The van der Waals surface area contributed by atoms with E-state index in [9.17, 15) is 9.59 Å². The van der Waals surface area contributed by atoms with E-state index in [2.05, 4.69) is 26.3 Å². The van der Waals surface area contributed by atoms with Crippen LogP contribution in [0.1, 0.15) is 15.9 Å². The summed E-state index contributed by atoms with van der Waals surface area (Å²) in [6.07, 6.45) is 2.10. The number of amides is 2. The molecule has 0 radical (unpaired) electrons. The fourth-order valence-corrected chi connectivity index (χ4v) is 3.52. The summed E-state index contributed by atoms with van der Waals surface area (Å²) in [7, 11) is 5.50. The molecule has 2 amide bonds. The van der Waals surface area contributed by atoms with Gasteiger partial charge in [0.05, 0.1) is 16.4 Å². The average molecular weight is 453 g/mol. The Hall–Kier alpha value is -3.30. The van der Waals surface area contributed by atoms with Crippen molar-refractivity contribution in [2.24, 2.45) is 0 Å².